The number of carbonyl (C=O) groups excluding carboxylic acids is 1. The Hall–Kier alpha value is -3.64. The van der Waals surface area contributed by atoms with Gasteiger partial charge in [0, 0.05) is 25.6 Å². The van der Waals surface area contributed by atoms with Gasteiger partial charge in [0.2, 0.25) is 5.88 Å². The van der Waals surface area contributed by atoms with Crippen LogP contribution < -0.4 is 4.87 Å². The van der Waals surface area contributed by atoms with E-state index < -0.39 is 0 Å². The zero-order chi connectivity index (χ0) is 21.8. The van der Waals surface area contributed by atoms with E-state index in [4.69, 9.17) is 0 Å². The van der Waals surface area contributed by atoms with Crippen molar-refractivity contribution < 1.29 is 9.90 Å². The first-order chi connectivity index (χ1) is 15.0. The van der Waals surface area contributed by atoms with Gasteiger partial charge in [-0.25, -0.2) is 0 Å². The summed E-state index contributed by atoms with van der Waals surface area (Å²) in [6.07, 6.45) is 0.502. The van der Waals surface area contributed by atoms with Crippen molar-refractivity contribution in [3.63, 3.8) is 0 Å². The Morgan fingerprint density at radius 1 is 0.935 bits per heavy atom. The minimum atomic E-state index is -0.253. The molecule has 0 radical (unpaired) electrons. The predicted octanol–water partition coefficient (Wildman–Crippen LogP) is 4.67. The van der Waals surface area contributed by atoms with Crippen LogP contribution in [0.1, 0.15) is 26.4 Å². The molecule has 1 heterocycles. The molecule has 4 aromatic rings. The average molecular weight is 431 g/mol. The number of aromatic hydroxyl groups is 1. The number of nitrogens with one attached hydrogen (secondary N) is 1. The third kappa shape index (κ3) is 4.92. The van der Waals surface area contributed by atoms with E-state index in [0.717, 1.165) is 33.6 Å². The van der Waals surface area contributed by atoms with Crippen LogP contribution in [0.25, 0.3) is 11.1 Å². The molecule has 0 aliphatic rings. The largest absolute Gasteiger partial charge is 0.494 e. The van der Waals surface area contributed by atoms with E-state index in [1.54, 1.807) is 4.90 Å². The smallest absolute Gasteiger partial charge is 0.307 e. The molecule has 0 spiro atoms. The van der Waals surface area contributed by atoms with Crippen molar-refractivity contribution >= 4 is 17.2 Å². The van der Waals surface area contributed by atoms with Crippen molar-refractivity contribution in [2.45, 2.75) is 13.0 Å². The van der Waals surface area contributed by atoms with Crippen LogP contribution in [0.15, 0.2) is 83.7 Å². The number of thiazole rings is 1. The molecule has 2 N–H and O–H groups in total. The molecule has 5 nitrogen and oxygen atoms in total. The van der Waals surface area contributed by atoms with E-state index in [2.05, 4.69) is 11.1 Å². The van der Waals surface area contributed by atoms with E-state index in [1.807, 2.05) is 79.8 Å². The van der Waals surface area contributed by atoms with Crippen molar-refractivity contribution in [3.8, 4) is 17.0 Å². The molecule has 0 saturated carbocycles. The molecule has 0 aliphatic carbocycles. The molecule has 0 aliphatic heterocycles. The van der Waals surface area contributed by atoms with Crippen molar-refractivity contribution in [1.82, 2.24) is 9.88 Å². The first-order valence-electron chi connectivity index (χ1n) is 9.89. The number of amides is 1. The summed E-state index contributed by atoms with van der Waals surface area (Å²) in [5.41, 5.74) is 4.87. The highest BCUT2D eigenvalue weighted by molar-refractivity contribution is 7.09. The Kier molecular flexibility index (Phi) is 6.00. The quantitative estimate of drug-likeness (QED) is 0.467. The second-order valence-electron chi connectivity index (χ2n) is 7.39. The number of hydrogen-bond donors (Lipinski definition) is 2. The lowest BCUT2D eigenvalue weighted by atomic mass is 10.0. The van der Waals surface area contributed by atoms with Gasteiger partial charge in [-0.15, -0.1) is 0 Å². The summed E-state index contributed by atoms with van der Waals surface area (Å²) in [7, 11) is 1.81. The van der Waals surface area contributed by atoms with Crippen LogP contribution in [0.4, 0.5) is 0 Å². The zero-order valence-corrected chi connectivity index (χ0v) is 17.9. The minimum Gasteiger partial charge on any atom is -0.494 e. The fraction of sp³-hybridized carbons (Fsp3) is 0.120. The molecule has 0 fully saturated rings. The van der Waals surface area contributed by atoms with Crippen LogP contribution in [-0.4, -0.2) is 27.9 Å². The number of nitrogens with zero attached hydrogens (tertiary/aromatic N) is 1. The third-order valence-corrected chi connectivity index (χ3v) is 5.94. The second-order valence-corrected chi connectivity index (χ2v) is 8.46. The lowest BCUT2D eigenvalue weighted by Gasteiger charge is -2.18. The molecule has 31 heavy (non-hydrogen) atoms. The van der Waals surface area contributed by atoms with E-state index in [-0.39, 0.29) is 16.7 Å². The fourth-order valence-corrected chi connectivity index (χ4v) is 4.23. The van der Waals surface area contributed by atoms with Crippen LogP contribution in [0.2, 0.25) is 0 Å². The van der Waals surface area contributed by atoms with Gasteiger partial charge >= 0.3 is 4.87 Å². The first kappa shape index (κ1) is 20.6. The highest BCUT2D eigenvalue weighted by atomic mass is 32.1. The number of H-pyrrole nitrogens is 1. The van der Waals surface area contributed by atoms with Crippen molar-refractivity contribution in [1.29, 1.82) is 0 Å². The number of carbonyl (C=O) groups is 1. The topological polar surface area (TPSA) is 73.4 Å². The monoisotopic (exact) mass is 430 g/mol. The summed E-state index contributed by atoms with van der Waals surface area (Å²) in [6.45, 7) is 0.519. The molecule has 0 unspecified atom stereocenters. The molecule has 1 aromatic heterocycles. The van der Waals surface area contributed by atoms with Gasteiger partial charge in [0.15, 0.2) is 0 Å². The number of aromatic nitrogens is 1. The number of hydrogen-bond acceptors (Lipinski definition) is 4. The Morgan fingerprint density at radius 2 is 1.68 bits per heavy atom. The molecular formula is C25H22N2O3S. The Labute approximate surface area is 184 Å². The van der Waals surface area contributed by atoms with E-state index in [1.165, 1.54) is 0 Å². The lowest BCUT2D eigenvalue weighted by molar-refractivity contribution is 0.0785. The standard InChI is InChI=1S/C25H22N2O3S/c1-27(24(29)20-7-3-2-4-8-20)16-18-6-5-9-21(14-18)19-12-10-17(11-13-19)15-22-23(28)26-25(30)31-22/h2-14,28H,15-16H2,1H3,(H,26,30). The van der Waals surface area contributed by atoms with Crippen molar-refractivity contribution in [3.05, 3.63) is 110 Å². The molecular weight excluding hydrogens is 408 g/mol. The molecule has 3 aromatic carbocycles. The zero-order valence-electron chi connectivity index (χ0n) is 17.0. The maximum absolute atomic E-state index is 12.6. The molecule has 0 atom stereocenters. The summed E-state index contributed by atoms with van der Waals surface area (Å²) in [6, 6.07) is 25.5. The van der Waals surface area contributed by atoms with Gasteiger partial charge in [-0.2, -0.15) is 0 Å². The summed E-state index contributed by atoms with van der Waals surface area (Å²) in [5.74, 6) is -0.0633. The van der Waals surface area contributed by atoms with Gasteiger partial charge in [0.05, 0.1) is 4.88 Å². The Morgan fingerprint density at radius 3 is 2.35 bits per heavy atom. The Bertz CT molecular complexity index is 1240. The molecule has 0 saturated heterocycles. The summed E-state index contributed by atoms with van der Waals surface area (Å²) in [5, 5.41) is 9.77. The van der Waals surface area contributed by atoms with Gasteiger partial charge in [0.1, 0.15) is 0 Å². The second kappa shape index (κ2) is 9.02. The lowest BCUT2D eigenvalue weighted by Crippen LogP contribution is -2.26. The maximum Gasteiger partial charge on any atom is 0.307 e. The van der Waals surface area contributed by atoms with Gasteiger partial charge in [-0.3, -0.25) is 14.6 Å². The highest BCUT2D eigenvalue weighted by Crippen LogP contribution is 2.25. The van der Waals surface area contributed by atoms with E-state index in [0.29, 0.717) is 23.4 Å². The summed E-state index contributed by atoms with van der Waals surface area (Å²) >= 11 is 1.02. The van der Waals surface area contributed by atoms with Crippen LogP contribution >= 0.6 is 11.3 Å². The average Bonchev–Trinajstić information content (AvgIpc) is 3.11. The van der Waals surface area contributed by atoms with Gasteiger partial charge < -0.3 is 10.0 Å². The summed E-state index contributed by atoms with van der Waals surface area (Å²) in [4.78, 5) is 28.4. The van der Waals surface area contributed by atoms with Crippen LogP contribution in [0.3, 0.4) is 0 Å². The van der Waals surface area contributed by atoms with E-state index in [9.17, 15) is 14.7 Å². The molecule has 4 rings (SSSR count). The maximum atomic E-state index is 12.6. The first-order valence-corrected chi connectivity index (χ1v) is 10.7. The molecule has 0 bridgehead atoms. The molecule has 156 valence electrons. The van der Waals surface area contributed by atoms with Crippen LogP contribution in [0.5, 0.6) is 5.88 Å². The number of benzene rings is 3. The summed E-state index contributed by atoms with van der Waals surface area (Å²) < 4.78 is 0. The van der Waals surface area contributed by atoms with Gasteiger partial charge in [0.25, 0.3) is 5.91 Å². The minimum absolute atomic E-state index is 0.00864. The molecule has 1 amide bonds. The molecule has 6 heteroatoms. The normalized spacial score (nSPS) is 10.7. The highest BCUT2D eigenvalue weighted by Gasteiger charge is 2.12. The predicted molar refractivity (Wildman–Crippen MR) is 124 cm³/mol. The third-order valence-electron chi connectivity index (χ3n) is 5.07. The van der Waals surface area contributed by atoms with Crippen LogP contribution in [-0.2, 0) is 13.0 Å². The van der Waals surface area contributed by atoms with Crippen molar-refractivity contribution in [2.24, 2.45) is 0 Å². The van der Waals surface area contributed by atoms with Gasteiger partial charge in [-0.05, 0) is 40.5 Å². The van der Waals surface area contributed by atoms with E-state index >= 15 is 0 Å². The fourth-order valence-electron chi connectivity index (χ4n) is 3.47. The number of aromatic amines is 1. The number of rotatable bonds is 6. The van der Waals surface area contributed by atoms with Crippen molar-refractivity contribution in [2.75, 3.05) is 7.05 Å². The Balaban J connectivity index is 1.47. The van der Waals surface area contributed by atoms with Gasteiger partial charge in [-0.1, -0.05) is 72.0 Å². The van der Waals surface area contributed by atoms with Crippen LogP contribution in [0, 0.1) is 0 Å². The SMILES string of the molecule is CN(Cc1cccc(-c2ccc(Cc3sc(=O)[nH]c3O)cc2)c1)C(=O)c1ccccc1.